The third kappa shape index (κ3) is 2.99. The number of rotatable bonds is 3. The average Bonchev–Trinajstić information content (AvgIpc) is 2.94. The molecule has 2 saturated carbocycles. The molecule has 4 N–H and O–H groups in total. The van der Waals surface area contributed by atoms with Gasteiger partial charge in [0.15, 0.2) is 0 Å². The number of hydrogen-bond acceptors (Lipinski definition) is 5. The Labute approximate surface area is 177 Å². The second-order valence-electron chi connectivity index (χ2n) is 9.55. The molecule has 0 spiro atoms. The lowest BCUT2D eigenvalue weighted by molar-refractivity contribution is -0.0506. The van der Waals surface area contributed by atoms with Gasteiger partial charge in [-0.3, -0.25) is 0 Å². The lowest BCUT2D eigenvalue weighted by Crippen LogP contribution is -2.46. The van der Waals surface area contributed by atoms with Gasteiger partial charge in [0.05, 0.1) is 12.2 Å². The predicted molar refractivity (Wildman–Crippen MR) is 112 cm³/mol. The van der Waals surface area contributed by atoms with Crippen LogP contribution < -0.4 is 4.74 Å². The van der Waals surface area contributed by atoms with Crippen molar-refractivity contribution in [3.8, 4) is 5.75 Å². The van der Waals surface area contributed by atoms with Crippen molar-refractivity contribution in [3.05, 3.63) is 65.2 Å². The first-order valence-electron chi connectivity index (χ1n) is 11.0. The number of aliphatic hydroxyl groups is 4. The summed E-state index contributed by atoms with van der Waals surface area (Å²) in [5, 5.41) is 42.0. The van der Waals surface area contributed by atoms with Crippen molar-refractivity contribution in [3.63, 3.8) is 0 Å². The maximum absolute atomic E-state index is 10.7. The number of aliphatic hydroxyl groups excluding tert-OH is 4. The minimum Gasteiger partial charge on any atom is -0.461 e. The van der Waals surface area contributed by atoms with Crippen LogP contribution in [-0.4, -0.2) is 38.7 Å². The molecule has 3 aliphatic carbocycles. The number of benzene rings is 2. The topological polar surface area (TPSA) is 90.2 Å². The molecule has 2 aromatic carbocycles. The standard InChI is InChI=1S/C25H30O5/c1-25-12-11-18-17-10-8-16(30-24(29)14-5-3-2-4-6-14)13-15(17)7-9-19(18)20(25)21(26)22(27)23(25)28/h2-6,8,10,13,18-24,26-29H,7,9,11-12H2,1H3/t18-,19-,20-,21-,22-,23+,24?,25+/m1/s1. The van der Waals surface area contributed by atoms with Gasteiger partial charge in [-0.2, -0.15) is 0 Å². The lowest BCUT2D eigenvalue weighted by atomic mass is 9.55. The molecule has 3 aliphatic rings. The van der Waals surface area contributed by atoms with Gasteiger partial charge in [-0.1, -0.05) is 43.3 Å². The predicted octanol–water partition coefficient (Wildman–Crippen LogP) is 2.92. The minimum atomic E-state index is -1.06. The highest BCUT2D eigenvalue weighted by Gasteiger charge is 2.62. The number of aryl methyl sites for hydroxylation is 1. The molecule has 0 aliphatic heterocycles. The van der Waals surface area contributed by atoms with Crippen molar-refractivity contribution in [1.29, 1.82) is 0 Å². The quantitative estimate of drug-likeness (QED) is 0.584. The number of hydrogen-bond donors (Lipinski definition) is 4. The van der Waals surface area contributed by atoms with E-state index < -0.39 is 30.0 Å². The van der Waals surface area contributed by atoms with Crippen molar-refractivity contribution in [2.75, 3.05) is 0 Å². The van der Waals surface area contributed by atoms with E-state index in [0.29, 0.717) is 17.2 Å². The zero-order chi connectivity index (χ0) is 21.0. The van der Waals surface area contributed by atoms with E-state index in [2.05, 4.69) is 6.07 Å². The van der Waals surface area contributed by atoms with E-state index >= 15 is 0 Å². The van der Waals surface area contributed by atoms with Crippen molar-refractivity contribution in [2.24, 2.45) is 17.3 Å². The molecule has 0 radical (unpaired) electrons. The molecule has 1 unspecified atom stereocenters. The summed E-state index contributed by atoms with van der Waals surface area (Å²) in [6, 6.07) is 15.4. The second-order valence-corrected chi connectivity index (χ2v) is 9.55. The zero-order valence-electron chi connectivity index (χ0n) is 17.2. The van der Waals surface area contributed by atoms with Crippen molar-refractivity contribution in [1.82, 2.24) is 0 Å². The first kappa shape index (κ1) is 20.0. The van der Waals surface area contributed by atoms with Crippen LogP contribution in [0.5, 0.6) is 5.75 Å². The van der Waals surface area contributed by atoms with Crippen LogP contribution in [0.4, 0.5) is 0 Å². The van der Waals surface area contributed by atoms with E-state index in [4.69, 9.17) is 4.74 Å². The molecule has 0 saturated heterocycles. The fraction of sp³-hybridized carbons (Fsp3) is 0.520. The Bertz CT molecular complexity index is 915. The summed E-state index contributed by atoms with van der Waals surface area (Å²) in [7, 11) is 0. The van der Waals surface area contributed by atoms with Gasteiger partial charge in [-0.05, 0) is 66.7 Å². The Kier molecular flexibility index (Phi) is 4.90. The summed E-state index contributed by atoms with van der Waals surface area (Å²) in [6.07, 6.45) is -0.298. The normalized spacial score (nSPS) is 38.3. The zero-order valence-corrected chi connectivity index (χ0v) is 17.2. The lowest BCUT2D eigenvalue weighted by Gasteiger charge is -2.50. The van der Waals surface area contributed by atoms with E-state index in [1.54, 1.807) is 0 Å². The maximum atomic E-state index is 10.7. The van der Waals surface area contributed by atoms with Gasteiger partial charge < -0.3 is 25.2 Å². The fourth-order valence-electron chi connectivity index (χ4n) is 6.50. The largest absolute Gasteiger partial charge is 0.461 e. The second kappa shape index (κ2) is 7.34. The molecular formula is C25H30O5. The molecule has 2 aromatic rings. The van der Waals surface area contributed by atoms with E-state index in [0.717, 1.165) is 25.7 Å². The van der Waals surface area contributed by atoms with Gasteiger partial charge in [0.2, 0.25) is 6.29 Å². The minimum absolute atomic E-state index is 0.0924. The molecule has 160 valence electrons. The molecule has 5 nitrogen and oxygen atoms in total. The van der Waals surface area contributed by atoms with E-state index in [-0.39, 0.29) is 11.8 Å². The Hall–Kier alpha value is -1.92. The van der Waals surface area contributed by atoms with Crippen LogP contribution in [0, 0.1) is 17.3 Å². The Morgan fingerprint density at radius 1 is 1.00 bits per heavy atom. The van der Waals surface area contributed by atoms with Crippen molar-refractivity contribution >= 4 is 0 Å². The summed E-state index contributed by atoms with van der Waals surface area (Å²) in [5.74, 6) is 1.12. The van der Waals surface area contributed by atoms with E-state index in [9.17, 15) is 20.4 Å². The van der Waals surface area contributed by atoms with Crippen LogP contribution in [0.25, 0.3) is 0 Å². The van der Waals surface area contributed by atoms with Gasteiger partial charge in [0.1, 0.15) is 11.9 Å². The third-order valence-electron chi connectivity index (χ3n) is 8.04. The number of fused-ring (bicyclic) bond motifs is 5. The van der Waals surface area contributed by atoms with E-state index in [1.807, 2.05) is 49.4 Å². The summed E-state index contributed by atoms with van der Waals surface area (Å²) in [5.41, 5.74) is 2.79. The molecular weight excluding hydrogens is 380 g/mol. The first-order valence-corrected chi connectivity index (χ1v) is 11.0. The Morgan fingerprint density at radius 3 is 2.53 bits per heavy atom. The SMILES string of the molecule is C[C@]12CC[C@@H]3c4ccc(OC(O)c5ccccc5)cc4CC[C@H]3[C@@H]1[C@@H](O)[C@@H](O)[C@@H]2O. The smallest absolute Gasteiger partial charge is 0.224 e. The van der Waals surface area contributed by atoms with E-state index in [1.165, 1.54) is 11.1 Å². The molecule has 0 aromatic heterocycles. The molecule has 0 bridgehead atoms. The molecule has 5 heteroatoms. The summed E-state index contributed by atoms with van der Waals surface area (Å²) < 4.78 is 5.78. The van der Waals surface area contributed by atoms with Crippen molar-refractivity contribution < 1.29 is 25.2 Å². The van der Waals surface area contributed by atoms with Gasteiger partial charge in [0, 0.05) is 11.0 Å². The summed E-state index contributed by atoms with van der Waals surface area (Å²) >= 11 is 0. The van der Waals surface area contributed by atoms with Crippen LogP contribution in [0.2, 0.25) is 0 Å². The summed E-state index contributed by atoms with van der Waals surface area (Å²) in [6.45, 7) is 2.02. The highest BCUT2D eigenvalue weighted by atomic mass is 16.6. The molecule has 5 rings (SSSR count). The third-order valence-corrected chi connectivity index (χ3v) is 8.04. The van der Waals surface area contributed by atoms with Crippen LogP contribution in [-0.2, 0) is 6.42 Å². The Balaban J connectivity index is 1.39. The van der Waals surface area contributed by atoms with Crippen LogP contribution in [0.15, 0.2) is 48.5 Å². The molecule has 2 fully saturated rings. The van der Waals surface area contributed by atoms with Gasteiger partial charge in [0.25, 0.3) is 0 Å². The average molecular weight is 411 g/mol. The molecule has 8 atom stereocenters. The van der Waals surface area contributed by atoms with Crippen molar-refractivity contribution in [2.45, 2.75) is 63.1 Å². The van der Waals surface area contributed by atoms with Crippen LogP contribution >= 0.6 is 0 Å². The van der Waals surface area contributed by atoms with Gasteiger partial charge in [-0.25, -0.2) is 0 Å². The van der Waals surface area contributed by atoms with Crippen LogP contribution in [0.1, 0.15) is 55.1 Å². The Morgan fingerprint density at radius 2 is 1.77 bits per heavy atom. The monoisotopic (exact) mass is 410 g/mol. The van der Waals surface area contributed by atoms with Crippen LogP contribution in [0.3, 0.4) is 0 Å². The van der Waals surface area contributed by atoms with Gasteiger partial charge >= 0.3 is 0 Å². The molecule has 30 heavy (non-hydrogen) atoms. The molecule has 0 amide bonds. The first-order chi connectivity index (χ1) is 14.4. The highest BCUT2D eigenvalue weighted by Crippen LogP contribution is 2.61. The highest BCUT2D eigenvalue weighted by molar-refractivity contribution is 5.41. The molecule has 0 heterocycles. The van der Waals surface area contributed by atoms with Gasteiger partial charge in [-0.15, -0.1) is 0 Å². The maximum Gasteiger partial charge on any atom is 0.224 e. The summed E-state index contributed by atoms with van der Waals surface area (Å²) in [4.78, 5) is 0. The number of ether oxygens (including phenoxy) is 1. The fourth-order valence-corrected chi connectivity index (χ4v) is 6.50.